The van der Waals surface area contributed by atoms with Crippen LogP contribution in [0.1, 0.15) is 24.2 Å². The lowest BCUT2D eigenvalue weighted by Gasteiger charge is -2.31. The maximum Gasteiger partial charge on any atom is 0.307 e. The minimum atomic E-state index is -0.901. The lowest BCUT2D eigenvalue weighted by molar-refractivity contribution is -0.151. The Kier molecular flexibility index (Phi) is 4.96. The van der Waals surface area contributed by atoms with Crippen LogP contribution in [0.3, 0.4) is 0 Å². The molecule has 0 saturated heterocycles. The van der Waals surface area contributed by atoms with Gasteiger partial charge in [0.25, 0.3) is 0 Å². The third kappa shape index (κ3) is 3.83. The molecule has 24 heavy (non-hydrogen) atoms. The first-order chi connectivity index (χ1) is 11.6. The summed E-state index contributed by atoms with van der Waals surface area (Å²) in [6.07, 6.45) is 2.78. The van der Waals surface area contributed by atoms with Crippen LogP contribution in [-0.4, -0.2) is 17.0 Å². The van der Waals surface area contributed by atoms with Gasteiger partial charge in [-0.1, -0.05) is 12.1 Å². The number of carboxylic acids is 1. The van der Waals surface area contributed by atoms with Gasteiger partial charge in [0.2, 0.25) is 5.91 Å². The zero-order chi connectivity index (χ0) is 16.9. The fourth-order valence-electron chi connectivity index (χ4n) is 2.75. The van der Waals surface area contributed by atoms with Gasteiger partial charge in [0.15, 0.2) is 0 Å². The number of hydrogen-bond donors (Lipinski definition) is 2. The Labute approximate surface area is 139 Å². The fraction of sp³-hybridized carbons (Fsp3) is 0.333. The summed E-state index contributed by atoms with van der Waals surface area (Å²) in [7, 11) is 0. The number of carbonyl (C=O) groups excluding carboxylic acids is 1. The largest absolute Gasteiger partial charge is 0.481 e. The van der Waals surface area contributed by atoms with Crippen molar-refractivity contribution in [3.05, 3.63) is 54.0 Å². The van der Waals surface area contributed by atoms with Crippen LogP contribution in [0.4, 0.5) is 5.69 Å². The second kappa shape index (κ2) is 7.31. The smallest absolute Gasteiger partial charge is 0.307 e. The minimum absolute atomic E-state index is 0.234. The summed E-state index contributed by atoms with van der Waals surface area (Å²) in [5.74, 6) is -1.39. The quantitative estimate of drug-likeness (QED) is 0.815. The van der Waals surface area contributed by atoms with E-state index in [2.05, 4.69) is 5.32 Å². The molecular weight excluding hydrogens is 310 g/mol. The number of carbonyl (C=O) groups is 2. The van der Waals surface area contributed by atoms with E-state index in [4.69, 9.17) is 14.3 Å². The maximum atomic E-state index is 12.2. The van der Waals surface area contributed by atoms with Crippen LogP contribution in [0.5, 0.6) is 0 Å². The molecule has 0 spiro atoms. The first-order valence-corrected chi connectivity index (χ1v) is 7.86. The molecule has 1 aromatic heterocycles. The van der Waals surface area contributed by atoms with Crippen LogP contribution < -0.4 is 5.32 Å². The SMILES string of the molecule is O=C(O)C1CCC1C(=O)Nc1cccc(COCc2ccco2)c1. The molecule has 126 valence electrons. The van der Waals surface area contributed by atoms with Crippen LogP contribution in [0.25, 0.3) is 0 Å². The second-order valence-corrected chi connectivity index (χ2v) is 5.89. The maximum absolute atomic E-state index is 12.2. The van der Waals surface area contributed by atoms with E-state index < -0.39 is 17.8 Å². The Balaban J connectivity index is 1.53. The van der Waals surface area contributed by atoms with Crippen LogP contribution >= 0.6 is 0 Å². The monoisotopic (exact) mass is 329 g/mol. The van der Waals surface area contributed by atoms with E-state index in [1.165, 1.54) is 0 Å². The van der Waals surface area contributed by atoms with E-state index in [1.54, 1.807) is 18.4 Å². The molecule has 1 saturated carbocycles. The number of furan rings is 1. The molecule has 1 fully saturated rings. The average Bonchev–Trinajstić information content (AvgIpc) is 2.99. The molecule has 1 aromatic carbocycles. The van der Waals surface area contributed by atoms with E-state index in [0.29, 0.717) is 31.7 Å². The molecule has 1 aliphatic carbocycles. The van der Waals surface area contributed by atoms with Gasteiger partial charge in [-0.2, -0.15) is 0 Å². The van der Waals surface area contributed by atoms with E-state index in [0.717, 1.165) is 11.3 Å². The highest BCUT2D eigenvalue weighted by atomic mass is 16.5. The standard InChI is InChI=1S/C18H19NO5/c20-17(15-6-7-16(15)18(21)22)19-13-4-1-3-12(9-13)10-23-11-14-5-2-8-24-14/h1-5,8-9,15-16H,6-7,10-11H2,(H,19,20)(H,21,22). The zero-order valence-corrected chi connectivity index (χ0v) is 13.1. The topological polar surface area (TPSA) is 88.8 Å². The van der Waals surface area contributed by atoms with Gasteiger partial charge in [0, 0.05) is 5.69 Å². The van der Waals surface area contributed by atoms with E-state index in [1.807, 2.05) is 24.3 Å². The van der Waals surface area contributed by atoms with E-state index in [9.17, 15) is 9.59 Å². The van der Waals surface area contributed by atoms with Gasteiger partial charge in [0.05, 0.1) is 24.7 Å². The highest BCUT2D eigenvalue weighted by molar-refractivity contribution is 5.96. The molecule has 1 amide bonds. The molecule has 2 unspecified atom stereocenters. The van der Waals surface area contributed by atoms with E-state index >= 15 is 0 Å². The summed E-state index contributed by atoms with van der Waals surface area (Å²) in [4.78, 5) is 23.2. The highest BCUT2D eigenvalue weighted by Gasteiger charge is 2.41. The lowest BCUT2D eigenvalue weighted by Crippen LogP contribution is -2.41. The zero-order valence-electron chi connectivity index (χ0n) is 13.1. The first-order valence-electron chi connectivity index (χ1n) is 7.86. The van der Waals surface area contributed by atoms with Crippen molar-refractivity contribution >= 4 is 17.6 Å². The summed E-state index contributed by atoms with van der Waals surface area (Å²) in [6.45, 7) is 0.775. The Hall–Kier alpha value is -2.60. The molecule has 1 aliphatic rings. The fourth-order valence-corrected chi connectivity index (χ4v) is 2.75. The van der Waals surface area contributed by atoms with Gasteiger partial charge < -0.3 is 19.6 Å². The van der Waals surface area contributed by atoms with E-state index in [-0.39, 0.29) is 5.91 Å². The Morgan fingerprint density at radius 1 is 1.17 bits per heavy atom. The molecule has 6 heteroatoms. The summed E-state index contributed by atoms with van der Waals surface area (Å²) in [5.41, 5.74) is 1.57. The van der Waals surface area contributed by atoms with Gasteiger partial charge in [-0.25, -0.2) is 0 Å². The highest BCUT2D eigenvalue weighted by Crippen LogP contribution is 2.35. The van der Waals surface area contributed by atoms with Crippen molar-refractivity contribution in [3.8, 4) is 0 Å². The molecule has 3 rings (SSSR count). The van der Waals surface area contributed by atoms with Gasteiger partial charge in [-0.3, -0.25) is 9.59 Å². The number of nitrogens with one attached hydrogen (secondary N) is 1. The number of amides is 1. The van der Waals surface area contributed by atoms with Gasteiger partial charge in [-0.05, 0) is 42.7 Å². The van der Waals surface area contributed by atoms with Crippen molar-refractivity contribution in [2.75, 3.05) is 5.32 Å². The van der Waals surface area contributed by atoms with Crippen LogP contribution in [0.15, 0.2) is 47.1 Å². The van der Waals surface area contributed by atoms with Crippen molar-refractivity contribution in [1.29, 1.82) is 0 Å². The van der Waals surface area contributed by atoms with Crippen molar-refractivity contribution in [1.82, 2.24) is 0 Å². The van der Waals surface area contributed by atoms with Crippen molar-refractivity contribution < 1.29 is 23.8 Å². The van der Waals surface area contributed by atoms with Gasteiger partial charge in [-0.15, -0.1) is 0 Å². The Morgan fingerprint density at radius 3 is 2.67 bits per heavy atom. The number of aliphatic carboxylic acids is 1. The Morgan fingerprint density at radius 2 is 2.00 bits per heavy atom. The normalized spacial score (nSPS) is 19.5. The predicted molar refractivity (Wildman–Crippen MR) is 86.1 cm³/mol. The van der Waals surface area contributed by atoms with Crippen LogP contribution in [0.2, 0.25) is 0 Å². The van der Waals surface area contributed by atoms with Gasteiger partial charge in [0.1, 0.15) is 12.4 Å². The van der Waals surface area contributed by atoms with Gasteiger partial charge >= 0.3 is 5.97 Å². The van der Waals surface area contributed by atoms with Crippen molar-refractivity contribution in [3.63, 3.8) is 0 Å². The summed E-state index contributed by atoms with van der Waals surface area (Å²) >= 11 is 0. The number of carboxylic acid groups (broad SMARTS) is 1. The van der Waals surface area contributed by atoms with Crippen molar-refractivity contribution in [2.24, 2.45) is 11.8 Å². The third-order valence-corrected chi connectivity index (χ3v) is 4.22. The molecular formula is C18H19NO5. The first kappa shape index (κ1) is 16.3. The summed E-state index contributed by atoms with van der Waals surface area (Å²) in [5, 5.41) is 11.8. The molecule has 0 radical (unpaired) electrons. The molecule has 2 atom stereocenters. The number of hydrogen-bond acceptors (Lipinski definition) is 4. The second-order valence-electron chi connectivity index (χ2n) is 5.89. The number of ether oxygens (including phenoxy) is 1. The summed E-state index contributed by atoms with van der Waals surface area (Å²) in [6, 6.07) is 11.0. The summed E-state index contributed by atoms with van der Waals surface area (Å²) < 4.78 is 10.8. The lowest BCUT2D eigenvalue weighted by atomic mass is 9.73. The number of rotatable bonds is 7. The predicted octanol–water partition coefficient (Wildman–Crippen LogP) is 3.05. The number of benzene rings is 1. The van der Waals surface area contributed by atoms with Crippen LogP contribution in [0, 0.1) is 11.8 Å². The van der Waals surface area contributed by atoms with Crippen LogP contribution in [-0.2, 0) is 27.5 Å². The number of anilines is 1. The average molecular weight is 329 g/mol. The molecule has 1 heterocycles. The molecule has 0 aliphatic heterocycles. The molecule has 2 N–H and O–H groups in total. The van der Waals surface area contributed by atoms with Crippen molar-refractivity contribution in [2.45, 2.75) is 26.1 Å². The minimum Gasteiger partial charge on any atom is -0.481 e. The molecule has 6 nitrogen and oxygen atoms in total. The Bertz CT molecular complexity index is 710. The third-order valence-electron chi connectivity index (χ3n) is 4.22. The molecule has 0 bridgehead atoms. The molecule has 2 aromatic rings.